The average Bonchev–Trinajstić information content (AvgIpc) is 2.41. The molecule has 4 heteroatoms. The van der Waals surface area contributed by atoms with Gasteiger partial charge in [0.2, 0.25) is 0 Å². The van der Waals surface area contributed by atoms with Crippen LogP contribution >= 0.6 is 0 Å². The lowest BCUT2D eigenvalue weighted by molar-refractivity contribution is 0.0879. The number of halogens is 1. The summed E-state index contributed by atoms with van der Waals surface area (Å²) in [6.07, 6.45) is 0. The summed E-state index contributed by atoms with van der Waals surface area (Å²) < 4.78 is 13.5. The van der Waals surface area contributed by atoms with E-state index in [9.17, 15) is 14.0 Å². The van der Waals surface area contributed by atoms with Crippen molar-refractivity contribution in [2.75, 3.05) is 0 Å². The summed E-state index contributed by atoms with van der Waals surface area (Å²) in [5, 5.41) is 2.13. The van der Waals surface area contributed by atoms with Gasteiger partial charge in [0.25, 0.3) is 11.8 Å². The highest BCUT2D eigenvalue weighted by Gasteiger charge is 2.28. The molecule has 0 bridgehead atoms. The van der Waals surface area contributed by atoms with E-state index in [1.165, 1.54) is 6.07 Å². The maximum Gasteiger partial charge on any atom is 0.259 e. The molecule has 1 N–H and O–H groups in total. The second-order valence-electron chi connectivity index (χ2n) is 3.86. The van der Waals surface area contributed by atoms with Gasteiger partial charge in [-0.2, -0.15) is 0 Å². The van der Waals surface area contributed by atoms with Gasteiger partial charge in [-0.15, -0.1) is 0 Å². The van der Waals surface area contributed by atoms with Crippen LogP contribution in [0.1, 0.15) is 46.0 Å². The predicted octanol–water partition coefficient (Wildman–Crippen LogP) is 1.83. The molecule has 3 nitrogen and oxygen atoms in total. The molecule has 0 atom stereocenters. The molecule has 1 heterocycles. The van der Waals surface area contributed by atoms with E-state index in [4.69, 9.17) is 0 Å². The molecule has 2 amide bonds. The first-order chi connectivity index (χ1) is 7.00. The minimum absolute atomic E-state index is 0.0150. The van der Waals surface area contributed by atoms with Crippen molar-refractivity contribution in [2.45, 2.75) is 19.8 Å². The van der Waals surface area contributed by atoms with Gasteiger partial charge < -0.3 is 0 Å². The second kappa shape index (κ2) is 3.15. The SMILES string of the molecule is CC(C)c1cc2c(cc1F)C(=O)NC2=O. The van der Waals surface area contributed by atoms with Crippen LogP contribution in [-0.2, 0) is 0 Å². The Bertz CT molecular complexity index is 466. The van der Waals surface area contributed by atoms with Gasteiger partial charge in [0.05, 0.1) is 11.1 Å². The third-order valence-corrected chi connectivity index (χ3v) is 2.48. The number of rotatable bonds is 1. The summed E-state index contributed by atoms with van der Waals surface area (Å²) in [4.78, 5) is 22.5. The molecule has 1 aromatic rings. The fourth-order valence-corrected chi connectivity index (χ4v) is 1.65. The van der Waals surface area contributed by atoms with Gasteiger partial charge in [-0.25, -0.2) is 4.39 Å². The number of nitrogens with one attached hydrogen (secondary N) is 1. The van der Waals surface area contributed by atoms with Crippen molar-refractivity contribution in [3.05, 3.63) is 34.6 Å². The standard InChI is InChI=1S/C11H10FNO2/c1-5(2)6-3-7-8(4-9(6)12)11(15)13-10(7)14/h3-5H,1-2H3,(H,13,14,15). The van der Waals surface area contributed by atoms with Gasteiger partial charge in [0.15, 0.2) is 0 Å². The summed E-state index contributed by atoms with van der Waals surface area (Å²) in [6.45, 7) is 3.67. The van der Waals surface area contributed by atoms with E-state index in [-0.39, 0.29) is 17.0 Å². The van der Waals surface area contributed by atoms with E-state index in [2.05, 4.69) is 5.32 Å². The average molecular weight is 207 g/mol. The summed E-state index contributed by atoms with van der Waals surface area (Å²) in [6, 6.07) is 2.58. The molecular formula is C11H10FNO2. The Morgan fingerprint density at radius 1 is 1.13 bits per heavy atom. The van der Waals surface area contributed by atoms with Crippen LogP contribution in [0, 0.1) is 5.82 Å². The summed E-state index contributed by atoms with van der Waals surface area (Å²) >= 11 is 0. The largest absolute Gasteiger partial charge is 0.288 e. The van der Waals surface area contributed by atoms with Crippen molar-refractivity contribution < 1.29 is 14.0 Å². The first kappa shape index (κ1) is 9.83. The van der Waals surface area contributed by atoms with Crippen LogP contribution in [0.5, 0.6) is 0 Å². The van der Waals surface area contributed by atoms with Gasteiger partial charge in [-0.1, -0.05) is 13.8 Å². The highest BCUT2D eigenvalue weighted by molar-refractivity contribution is 6.21. The van der Waals surface area contributed by atoms with E-state index in [0.717, 1.165) is 6.07 Å². The quantitative estimate of drug-likeness (QED) is 0.714. The van der Waals surface area contributed by atoms with Gasteiger partial charge in [-0.05, 0) is 23.6 Å². The normalized spacial score (nSPS) is 14.4. The van der Waals surface area contributed by atoms with Gasteiger partial charge in [0, 0.05) is 0 Å². The molecule has 1 aliphatic heterocycles. The topological polar surface area (TPSA) is 46.2 Å². The highest BCUT2D eigenvalue weighted by Crippen LogP contribution is 2.25. The predicted molar refractivity (Wildman–Crippen MR) is 52.3 cm³/mol. The van der Waals surface area contributed by atoms with E-state index < -0.39 is 17.6 Å². The molecule has 0 aliphatic carbocycles. The fraction of sp³-hybridized carbons (Fsp3) is 0.273. The molecule has 0 aromatic heterocycles. The van der Waals surface area contributed by atoms with E-state index >= 15 is 0 Å². The molecule has 0 radical (unpaired) electrons. The van der Waals surface area contributed by atoms with Crippen molar-refractivity contribution in [1.29, 1.82) is 0 Å². The molecule has 0 saturated heterocycles. The Balaban J connectivity index is 2.64. The Kier molecular flexibility index (Phi) is 2.07. The molecular weight excluding hydrogens is 197 g/mol. The first-order valence-corrected chi connectivity index (χ1v) is 4.70. The molecule has 0 unspecified atom stereocenters. The van der Waals surface area contributed by atoms with Crippen LogP contribution in [0.3, 0.4) is 0 Å². The Morgan fingerprint density at radius 2 is 1.67 bits per heavy atom. The Morgan fingerprint density at radius 3 is 2.20 bits per heavy atom. The monoisotopic (exact) mass is 207 g/mol. The van der Waals surface area contributed by atoms with E-state index in [1.807, 2.05) is 13.8 Å². The molecule has 78 valence electrons. The number of benzene rings is 1. The fourth-order valence-electron chi connectivity index (χ4n) is 1.65. The lowest BCUT2D eigenvalue weighted by atomic mass is 9.97. The van der Waals surface area contributed by atoms with Gasteiger partial charge >= 0.3 is 0 Å². The summed E-state index contributed by atoms with van der Waals surface area (Å²) in [7, 11) is 0. The van der Waals surface area contributed by atoms with Crippen LogP contribution < -0.4 is 5.32 Å². The van der Waals surface area contributed by atoms with Crippen LogP contribution in [0.2, 0.25) is 0 Å². The molecule has 15 heavy (non-hydrogen) atoms. The van der Waals surface area contributed by atoms with E-state index in [0.29, 0.717) is 5.56 Å². The number of hydrogen-bond donors (Lipinski definition) is 1. The number of fused-ring (bicyclic) bond motifs is 1. The highest BCUT2D eigenvalue weighted by atomic mass is 19.1. The molecule has 1 aliphatic rings. The van der Waals surface area contributed by atoms with Crippen molar-refractivity contribution in [3.8, 4) is 0 Å². The van der Waals surface area contributed by atoms with Crippen LogP contribution in [0.4, 0.5) is 4.39 Å². The van der Waals surface area contributed by atoms with E-state index in [1.54, 1.807) is 0 Å². The van der Waals surface area contributed by atoms with Crippen molar-refractivity contribution in [2.24, 2.45) is 0 Å². The second-order valence-corrected chi connectivity index (χ2v) is 3.86. The zero-order valence-corrected chi connectivity index (χ0v) is 8.43. The van der Waals surface area contributed by atoms with Crippen LogP contribution in [0.15, 0.2) is 12.1 Å². The zero-order chi connectivity index (χ0) is 11.2. The summed E-state index contributed by atoms with van der Waals surface area (Å²) in [5.74, 6) is -1.42. The van der Waals surface area contributed by atoms with Gasteiger partial charge in [-0.3, -0.25) is 14.9 Å². The Hall–Kier alpha value is -1.71. The maximum absolute atomic E-state index is 13.5. The van der Waals surface area contributed by atoms with Crippen molar-refractivity contribution >= 4 is 11.8 Å². The lowest BCUT2D eigenvalue weighted by Crippen LogP contribution is -2.19. The minimum atomic E-state index is -0.524. The van der Waals surface area contributed by atoms with Gasteiger partial charge in [0.1, 0.15) is 5.82 Å². The third kappa shape index (κ3) is 1.42. The molecule has 1 aromatic carbocycles. The van der Waals surface area contributed by atoms with Crippen molar-refractivity contribution in [1.82, 2.24) is 5.32 Å². The maximum atomic E-state index is 13.5. The molecule has 0 spiro atoms. The number of hydrogen-bond acceptors (Lipinski definition) is 2. The number of amides is 2. The number of carbonyl (C=O) groups excluding carboxylic acids is 2. The Labute approximate surface area is 86.3 Å². The first-order valence-electron chi connectivity index (χ1n) is 4.70. The molecule has 2 rings (SSSR count). The minimum Gasteiger partial charge on any atom is -0.288 e. The van der Waals surface area contributed by atoms with Crippen LogP contribution in [0.25, 0.3) is 0 Å². The number of imide groups is 1. The third-order valence-electron chi connectivity index (χ3n) is 2.48. The van der Waals surface area contributed by atoms with Crippen LogP contribution in [-0.4, -0.2) is 11.8 Å². The summed E-state index contributed by atoms with van der Waals surface area (Å²) in [5.41, 5.74) is 0.852. The zero-order valence-electron chi connectivity index (χ0n) is 8.43. The van der Waals surface area contributed by atoms with Crippen molar-refractivity contribution in [3.63, 3.8) is 0 Å². The molecule has 0 saturated carbocycles. The smallest absolute Gasteiger partial charge is 0.259 e. The number of carbonyl (C=O) groups is 2. The molecule has 0 fully saturated rings. The lowest BCUT2D eigenvalue weighted by Gasteiger charge is -2.07.